The highest BCUT2D eigenvalue weighted by Gasteiger charge is 2.53. The predicted octanol–water partition coefficient (Wildman–Crippen LogP) is 5.98. The Hall–Kier alpha value is -1.60. The molecule has 1 saturated carbocycles. The SMILES string of the molecule is CC1CCCCC(C(c2ccccc2)(c2ccccc2)C2CO2)CC1. The van der Waals surface area contributed by atoms with Crippen LogP contribution in [-0.4, -0.2) is 12.7 Å². The summed E-state index contributed by atoms with van der Waals surface area (Å²) in [5.41, 5.74) is 2.91. The van der Waals surface area contributed by atoms with E-state index in [1.807, 2.05) is 0 Å². The zero-order valence-corrected chi connectivity index (χ0v) is 15.4. The zero-order valence-electron chi connectivity index (χ0n) is 15.4. The van der Waals surface area contributed by atoms with Gasteiger partial charge in [-0.2, -0.15) is 0 Å². The quantitative estimate of drug-likeness (QED) is 0.627. The van der Waals surface area contributed by atoms with Gasteiger partial charge in [-0.05, 0) is 35.8 Å². The molecule has 3 atom stereocenters. The molecule has 0 N–H and O–H groups in total. The van der Waals surface area contributed by atoms with Gasteiger partial charge in [-0.25, -0.2) is 0 Å². The second-order valence-corrected chi connectivity index (χ2v) is 8.09. The molecule has 2 aromatic carbocycles. The van der Waals surface area contributed by atoms with E-state index in [9.17, 15) is 0 Å². The van der Waals surface area contributed by atoms with E-state index in [0.717, 1.165) is 12.5 Å². The molecule has 2 aliphatic rings. The van der Waals surface area contributed by atoms with Gasteiger partial charge in [0.2, 0.25) is 0 Å². The van der Waals surface area contributed by atoms with Crippen LogP contribution in [0.2, 0.25) is 0 Å². The van der Waals surface area contributed by atoms with E-state index in [2.05, 4.69) is 67.6 Å². The van der Waals surface area contributed by atoms with Crippen LogP contribution in [0.4, 0.5) is 0 Å². The Kier molecular flexibility index (Phi) is 4.94. The molecule has 1 nitrogen and oxygen atoms in total. The molecular weight excluding hydrogens is 304 g/mol. The van der Waals surface area contributed by atoms with Crippen LogP contribution in [0.25, 0.3) is 0 Å². The molecule has 0 bridgehead atoms. The van der Waals surface area contributed by atoms with Crippen LogP contribution in [0.3, 0.4) is 0 Å². The van der Waals surface area contributed by atoms with Crippen molar-refractivity contribution >= 4 is 0 Å². The minimum absolute atomic E-state index is 0.0135. The lowest BCUT2D eigenvalue weighted by Gasteiger charge is -2.42. The highest BCUT2D eigenvalue weighted by atomic mass is 16.6. The van der Waals surface area contributed by atoms with Gasteiger partial charge in [0.15, 0.2) is 0 Å². The van der Waals surface area contributed by atoms with E-state index in [1.54, 1.807) is 0 Å². The van der Waals surface area contributed by atoms with Crippen LogP contribution in [0.15, 0.2) is 60.7 Å². The summed E-state index contributed by atoms with van der Waals surface area (Å²) in [7, 11) is 0. The largest absolute Gasteiger partial charge is 0.372 e. The molecule has 3 unspecified atom stereocenters. The average molecular weight is 335 g/mol. The van der Waals surface area contributed by atoms with Crippen molar-refractivity contribution in [2.24, 2.45) is 11.8 Å². The van der Waals surface area contributed by atoms with E-state index in [1.165, 1.54) is 49.7 Å². The van der Waals surface area contributed by atoms with Crippen molar-refractivity contribution in [1.82, 2.24) is 0 Å². The maximum absolute atomic E-state index is 6.03. The number of rotatable bonds is 4. The summed E-state index contributed by atoms with van der Waals surface area (Å²) in [5, 5.41) is 0. The molecule has 0 radical (unpaired) electrons. The van der Waals surface area contributed by atoms with Gasteiger partial charge >= 0.3 is 0 Å². The zero-order chi connectivity index (χ0) is 17.1. The van der Waals surface area contributed by atoms with Gasteiger partial charge in [-0.1, -0.05) is 93.3 Å². The standard InChI is InChI=1S/C24H30O/c1-19-10-8-9-15-22(17-16-19)24(23-18-25-23,20-11-4-2-5-12-20)21-13-6-3-7-14-21/h2-7,11-14,19,22-23H,8-10,15-18H2,1H3. The molecule has 25 heavy (non-hydrogen) atoms. The minimum Gasteiger partial charge on any atom is -0.372 e. The van der Waals surface area contributed by atoms with Gasteiger partial charge in [0.05, 0.1) is 18.1 Å². The predicted molar refractivity (Wildman–Crippen MR) is 104 cm³/mol. The summed E-state index contributed by atoms with van der Waals surface area (Å²) in [5.74, 6) is 1.51. The van der Waals surface area contributed by atoms with Gasteiger partial charge in [-0.3, -0.25) is 0 Å². The van der Waals surface area contributed by atoms with Crippen molar-refractivity contribution in [2.45, 2.75) is 57.0 Å². The monoisotopic (exact) mass is 334 g/mol. The number of ether oxygens (including phenoxy) is 1. The fraction of sp³-hybridized carbons (Fsp3) is 0.500. The molecule has 1 heterocycles. The summed E-state index contributed by atoms with van der Waals surface area (Å²) in [6, 6.07) is 22.4. The third kappa shape index (κ3) is 3.27. The smallest absolute Gasteiger partial charge is 0.0949 e. The molecule has 0 amide bonds. The maximum Gasteiger partial charge on any atom is 0.0949 e. The average Bonchev–Trinajstić information content (AvgIpc) is 3.48. The highest BCUT2D eigenvalue weighted by Crippen LogP contribution is 2.51. The first-order chi connectivity index (χ1) is 12.3. The Morgan fingerprint density at radius 3 is 1.88 bits per heavy atom. The van der Waals surface area contributed by atoms with E-state index < -0.39 is 0 Å². The fourth-order valence-corrected chi connectivity index (χ4v) is 5.12. The molecule has 1 aliphatic carbocycles. The molecule has 132 valence electrons. The van der Waals surface area contributed by atoms with Gasteiger partial charge in [0.1, 0.15) is 0 Å². The van der Waals surface area contributed by atoms with Crippen molar-refractivity contribution in [3.63, 3.8) is 0 Å². The van der Waals surface area contributed by atoms with Gasteiger partial charge in [0.25, 0.3) is 0 Å². The van der Waals surface area contributed by atoms with Gasteiger partial charge < -0.3 is 4.74 Å². The lowest BCUT2D eigenvalue weighted by atomic mass is 9.60. The molecule has 2 fully saturated rings. The van der Waals surface area contributed by atoms with E-state index >= 15 is 0 Å². The lowest BCUT2D eigenvalue weighted by Crippen LogP contribution is -2.42. The number of benzene rings is 2. The number of hydrogen-bond acceptors (Lipinski definition) is 1. The van der Waals surface area contributed by atoms with E-state index in [0.29, 0.717) is 12.0 Å². The first kappa shape index (κ1) is 16.8. The summed E-state index contributed by atoms with van der Waals surface area (Å²) in [4.78, 5) is 0. The second-order valence-electron chi connectivity index (χ2n) is 8.09. The van der Waals surface area contributed by atoms with E-state index in [-0.39, 0.29) is 5.41 Å². The van der Waals surface area contributed by atoms with Gasteiger partial charge in [0, 0.05) is 0 Å². The fourth-order valence-electron chi connectivity index (χ4n) is 5.12. The third-order valence-corrected chi connectivity index (χ3v) is 6.50. The van der Waals surface area contributed by atoms with Crippen LogP contribution < -0.4 is 0 Å². The normalized spacial score (nSPS) is 27.3. The molecule has 1 heteroatoms. The van der Waals surface area contributed by atoms with Gasteiger partial charge in [-0.15, -0.1) is 0 Å². The third-order valence-electron chi connectivity index (χ3n) is 6.50. The van der Waals surface area contributed by atoms with E-state index in [4.69, 9.17) is 4.74 Å². The van der Waals surface area contributed by atoms with Crippen molar-refractivity contribution in [3.05, 3.63) is 71.8 Å². The number of epoxide rings is 1. The van der Waals surface area contributed by atoms with Crippen molar-refractivity contribution in [1.29, 1.82) is 0 Å². The molecular formula is C24H30O. The molecule has 0 spiro atoms. The molecule has 0 aromatic heterocycles. The molecule has 1 saturated heterocycles. The Balaban J connectivity index is 1.82. The minimum atomic E-state index is 0.0135. The Labute approximate surface area is 152 Å². The van der Waals surface area contributed by atoms with Crippen LogP contribution >= 0.6 is 0 Å². The maximum atomic E-state index is 6.03. The summed E-state index contributed by atoms with van der Waals surface area (Å²) in [6.45, 7) is 3.33. The van der Waals surface area contributed by atoms with Crippen molar-refractivity contribution < 1.29 is 4.74 Å². The van der Waals surface area contributed by atoms with Crippen molar-refractivity contribution in [3.8, 4) is 0 Å². The van der Waals surface area contributed by atoms with Crippen LogP contribution in [-0.2, 0) is 10.2 Å². The summed E-state index contributed by atoms with van der Waals surface area (Å²) >= 11 is 0. The molecule has 4 rings (SSSR count). The Morgan fingerprint density at radius 1 is 0.760 bits per heavy atom. The summed E-state index contributed by atoms with van der Waals surface area (Å²) < 4.78 is 6.03. The van der Waals surface area contributed by atoms with Crippen LogP contribution in [0.1, 0.15) is 56.6 Å². The first-order valence-electron chi connectivity index (χ1n) is 10.0. The lowest BCUT2D eigenvalue weighted by molar-refractivity contribution is 0.189. The van der Waals surface area contributed by atoms with Crippen molar-refractivity contribution in [2.75, 3.05) is 6.61 Å². The highest BCUT2D eigenvalue weighted by molar-refractivity contribution is 5.43. The van der Waals surface area contributed by atoms with Crippen LogP contribution in [0, 0.1) is 11.8 Å². The Morgan fingerprint density at radius 2 is 1.32 bits per heavy atom. The molecule has 2 aromatic rings. The summed E-state index contributed by atoms with van der Waals surface area (Å²) in [6.07, 6.45) is 8.43. The second kappa shape index (κ2) is 7.33. The topological polar surface area (TPSA) is 12.5 Å². The number of hydrogen-bond donors (Lipinski definition) is 0. The Bertz CT molecular complexity index is 620. The molecule has 1 aliphatic heterocycles. The first-order valence-corrected chi connectivity index (χ1v) is 10.0. The van der Waals surface area contributed by atoms with Crippen LogP contribution in [0.5, 0.6) is 0 Å².